The van der Waals surface area contributed by atoms with Crippen molar-refractivity contribution in [2.75, 3.05) is 6.54 Å². The lowest BCUT2D eigenvalue weighted by atomic mass is 10.0. The standard InChI is InChI=1S/C14H15BrClNO/c1-2-17-14(7-10-5-6-18-9-10)11-3-4-12(15)13(16)8-11/h3-6,8-9,14,17H,2,7H2,1H3. The monoisotopic (exact) mass is 327 g/mol. The summed E-state index contributed by atoms with van der Waals surface area (Å²) < 4.78 is 6.03. The van der Waals surface area contributed by atoms with Crippen molar-refractivity contribution < 1.29 is 4.42 Å². The van der Waals surface area contributed by atoms with Crippen molar-refractivity contribution in [3.05, 3.63) is 57.4 Å². The average molecular weight is 329 g/mol. The SMILES string of the molecule is CCNC(Cc1ccoc1)c1ccc(Br)c(Cl)c1. The van der Waals surface area contributed by atoms with E-state index in [0.29, 0.717) is 0 Å². The van der Waals surface area contributed by atoms with Gasteiger partial charge in [-0.15, -0.1) is 0 Å². The summed E-state index contributed by atoms with van der Waals surface area (Å²) >= 11 is 9.56. The van der Waals surface area contributed by atoms with Crippen LogP contribution in [0.25, 0.3) is 0 Å². The van der Waals surface area contributed by atoms with Crippen LogP contribution in [0.1, 0.15) is 24.1 Å². The number of hydrogen-bond donors (Lipinski definition) is 1. The maximum atomic E-state index is 6.15. The average Bonchev–Trinajstić information content (AvgIpc) is 2.85. The van der Waals surface area contributed by atoms with Crippen molar-refractivity contribution in [2.24, 2.45) is 0 Å². The Bertz CT molecular complexity index is 499. The van der Waals surface area contributed by atoms with Crippen molar-refractivity contribution in [1.29, 1.82) is 0 Å². The van der Waals surface area contributed by atoms with Crippen molar-refractivity contribution in [1.82, 2.24) is 5.32 Å². The fraction of sp³-hybridized carbons (Fsp3) is 0.286. The molecule has 2 rings (SSSR count). The highest BCUT2D eigenvalue weighted by atomic mass is 79.9. The Balaban J connectivity index is 2.20. The summed E-state index contributed by atoms with van der Waals surface area (Å²) in [6, 6.07) is 8.31. The minimum absolute atomic E-state index is 0.248. The molecule has 0 amide bonds. The Morgan fingerprint density at radius 2 is 2.22 bits per heavy atom. The van der Waals surface area contributed by atoms with E-state index in [1.807, 2.05) is 18.2 Å². The Morgan fingerprint density at radius 3 is 2.83 bits per heavy atom. The lowest BCUT2D eigenvalue weighted by Gasteiger charge is -2.18. The first-order valence-corrected chi connectivity index (χ1v) is 7.07. The third-order valence-corrected chi connectivity index (χ3v) is 4.05. The molecular weight excluding hydrogens is 314 g/mol. The van der Waals surface area contributed by atoms with E-state index in [1.165, 1.54) is 11.1 Å². The van der Waals surface area contributed by atoms with Gasteiger partial charge in [0.25, 0.3) is 0 Å². The quantitative estimate of drug-likeness (QED) is 0.868. The van der Waals surface area contributed by atoms with Crippen LogP contribution in [0.2, 0.25) is 5.02 Å². The lowest BCUT2D eigenvalue weighted by molar-refractivity contribution is 0.535. The van der Waals surface area contributed by atoms with Crippen molar-refractivity contribution >= 4 is 27.5 Å². The van der Waals surface area contributed by atoms with Crippen LogP contribution in [0, 0.1) is 0 Å². The third-order valence-electron chi connectivity index (χ3n) is 2.82. The van der Waals surface area contributed by atoms with Crippen LogP contribution in [0.4, 0.5) is 0 Å². The molecule has 0 aliphatic heterocycles. The van der Waals surface area contributed by atoms with Crippen LogP contribution >= 0.6 is 27.5 Å². The molecule has 96 valence electrons. The highest BCUT2D eigenvalue weighted by Gasteiger charge is 2.13. The van der Waals surface area contributed by atoms with Crippen LogP contribution in [-0.4, -0.2) is 6.54 Å². The van der Waals surface area contributed by atoms with E-state index in [4.69, 9.17) is 16.0 Å². The molecule has 2 nitrogen and oxygen atoms in total. The summed E-state index contributed by atoms with van der Waals surface area (Å²) in [6.07, 6.45) is 4.38. The Hall–Kier alpha value is -0.770. The molecule has 0 radical (unpaired) electrons. The molecule has 1 atom stereocenters. The number of rotatable bonds is 5. The minimum Gasteiger partial charge on any atom is -0.472 e. The number of likely N-dealkylation sites (N-methyl/N-ethyl adjacent to an activating group) is 1. The van der Waals surface area contributed by atoms with E-state index in [-0.39, 0.29) is 6.04 Å². The van der Waals surface area contributed by atoms with Gasteiger partial charge in [0.1, 0.15) is 0 Å². The second kappa shape index (κ2) is 6.41. The van der Waals surface area contributed by atoms with Crippen molar-refractivity contribution in [3.8, 4) is 0 Å². The van der Waals surface area contributed by atoms with E-state index in [9.17, 15) is 0 Å². The van der Waals surface area contributed by atoms with E-state index in [0.717, 1.165) is 22.5 Å². The molecular formula is C14H15BrClNO. The summed E-state index contributed by atoms with van der Waals surface area (Å²) in [5.74, 6) is 0. The van der Waals surface area contributed by atoms with E-state index >= 15 is 0 Å². The van der Waals surface area contributed by atoms with Crippen LogP contribution in [-0.2, 0) is 6.42 Å². The molecule has 1 unspecified atom stereocenters. The Kier molecular flexibility index (Phi) is 4.87. The van der Waals surface area contributed by atoms with Crippen molar-refractivity contribution in [2.45, 2.75) is 19.4 Å². The minimum atomic E-state index is 0.248. The second-order valence-electron chi connectivity index (χ2n) is 4.12. The molecule has 0 bridgehead atoms. The molecule has 1 aromatic carbocycles. The van der Waals surface area contributed by atoms with Crippen LogP contribution < -0.4 is 5.32 Å². The molecule has 0 saturated carbocycles. The number of hydrogen-bond acceptors (Lipinski definition) is 2. The maximum absolute atomic E-state index is 6.15. The van der Waals surface area contributed by atoms with Gasteiger partial charge in [0, 0.05) is 10.5 Å². The van der Waals surface area contributed by atoms with E-state index in [1.54, 1.807) is 12.5 Å². The van der Waals surface area contributed by atoms with Gasteiger partial charge in [-0.3, -0.25) is 0 Å². The number of nitrogens with one attached hydrogen (secondary N) is 1. The van der Waals surface area contributed by atoms with Gasteiger partial charge in [-0.25, -0.2) is 0 Å². The lowest BCUT2D eigenvalue weighted by Crippen LogP contribution is -2.22. The highest BCUT2D eigenvalue weighted by molar-refractivity contribution is 9.10. The summed E-state index contributed by atoms with van der Waals surface area (Å²) in [5.41, 5.74) is 2.37. The van der Waals surface area contributed by atoms with Crippen LogP contribution in [0.15, 0.2) is 45.7 Å². The summed E-state index contributed by atoms with van der Waals surface area (Å²) in [4.78, 5) is 0. The Morgan fingerprint density at radius 1 is 1.39 bits per heavy atom. The normalized spacial score (nSPS) is 12.6. The Labute approximate surface area is 120 Å². The molecule has 0 aliphatic rings. The topological polar surface area (TPSA) is 25.2 Å². The molecule has 2 aromatic rings. The van der Waals surface area contributed by atoms with Gasteiger partial charge in [0.15, 0.2) is 0 Å². The third kappa shape index (κ3) is 3.37. The molecule has 0 spiro atoms. The predicted octanol–water partition coefficient (Wildman–Crippen LogP) is 4.59. The first-order chi connectivity index (χ1) is 8.70. The van der Waals surface area contributed by atoms with E-state index in [2.05, 4.69) is 34.2 Å². The summed E-state index contributed by atoms with van der Waals surface area (Å²) in [7, 11) is 0. The molecule has 0 aliphatic carbocycles. The molecule has 1 heterocycles. The van der Waals surface area contributed by atoms with Gasteiger partial charge in [-0.05, 0) is 58.2 Å². The maximum Gasteiger partial charge on any atom is 0.0935 e. The van der Waals surface area contributed by atoms with Crippen LogP contribution in [0.3, 0.4) is 0 Å². The van der Waals surface area contributed by atoms with Gasteiger partial charge in [-0.2, -0.15) is 0 Å². The number of benzene rings is 1. The highest BCUT2D eigenvalue weighted by Crippen LogP contribution is 2.27. The smallest absolute Gasteiger partial charge is 0.0935 e. The summed E-state index contributed by atoms with van der Waals surface area (Å²) in [5, 5.41) is 4.21. The molecule has 18 heavy (non-hydrogen) atoms. The molecule has 1 aromatic heterocycles. The van der Waals surface area contributed by atoms with Crippen LogP contribution in [0.5, 0.6) is 0 Å². The first-order valence-electron chi connectivity index (χ1n) is 5.90. The fourth-order valence-electron chi connectivity index (χ4n) is 1.93. The first kappa shape index (κ1) is 13.7. The van der Waals surface area contributed by atoms with Crippen molar-refractivity contribution in [3.63, 3.8) is 0 Å². The molecule has 1 N–H and O–H groups in total. The zero-order chi connectivity index (χ0) is 13.0. The zero-order valence-corrected chi connectivity index (χ0v) is 12.5. The number of furan rings is 1. The fourth-order valence-corrected chi connectivity index (χ4v) is 2.36. The van der Waals surface area contributed by atoms with E-state index < -0.39 is 0 Å². The van der Waals surface area contributed by atoms with Gasteiger partial charge < -0.3 is 9.73 Å². The molecule has 0 saturated heterocycles. The van der Waals surface area contributed by atoms with Gasteiger partial charge in [0.2, 0.25) is 0 Å². The summed E-state index contributed by atoms with van der Waals surface area (Å²) in [6.45, 7) is 3.01. The van der Waals surface area contributed by atoms with Gasteiger partial charge >= 0.3 is 0 Å². The largest absolute Gasteiger partial charge is 0.472 e. The second-order valence-corrected chi connectivity index (χ2v) is 5.38. The van der Waals surface area contributed by atoms with Gasteiger partial charge in [0.05, 0.1) is 17.5 Å². The van der Waals surface area contributed by atoms with Gasteiger partial charge in [-0.1, -0.05) is 24.6 Å². The molecule has 4 heteroatoms. The zero-order valence-electron chi connectivity index (χ0n) is 10.1. The predicted molar refractivity (Wildman–Crippen MR) is 78.0 cm³/mol. The number of halogens is 2. The molecule has 0 fully saturated rings.